The zero-order chi connectivity index (χ0) is 27.3. The van der Waals surface area contributed by atoms with E-state index in [2.05, 4.69) is 9.97 Å². The second-order valence-electron chi connectivity index (χ2n) is 10.5. The highest BCUT2D eigenvalue weighted by Crippen LogP contribution is 2.34. The van der Waals surface area contributed by atoms with Crippen molar-refractivity contribution in [3.8, 4) is 0 Å². The first kappa shape index (κ1) is 26.7. The molecular formula is C25H32N4O7S. The largest absolute Gasteiger partial charge is 0.478 e. The predicted molar refractivity (Wildman–Crippen MR) is 138 cm³/mol. The molecule has 0 radical (unpaired) electrons. The molecule has 12 heteroatoms. The number of pyridine rings is 1. The molecule has 2 aromatic heterocycles. The number of nitrogens with one attached hydrogen (secondary N) is 2. The van der Waals surface area contributed by atoms with Crippen molar-refractivity contribution in [1.29, 1.82) is 0 Å². The van der Waals surface area contributed by atoms with Gasteiger partial charge >= 0.3 is 12.1 Å². The lowest BCUT2D eigenvalue weighted by Crippen LogP contribution is -2.46. The summed E-state index contributed by atoms with van der Waals surface area (Å²) in [5.41, 5.74) is -0.918. The van der Waals surface area contributed by atoms with Crippen LogP contribution in [0.15, 0.2) is 34.1 Å². The Labute approximate surface area is 214 Å². The summed E-state index contributed by atoms with van der Waals surface area (Å²) in [6.45, 7) is 9.22. The van der Waals surface area contributed by atoms with Gasteiger partial charge in [-0.1, -0.05) is 0 Å². The Hall–Kier alpha value is -3.38. The molecule has 0 aliphatic heterocycles. The van der Waals surface area contributed by atoms with E-state index in [1.165, 1.54) is 33.6 Å². The van der Waals surface area contributed by atoms with Crippen LogP contribution in [0.1, 0.15) is 57.8 Å². The van der Waals surface area contributed by atoms with Crippen molar-refractivity contribution in [2.45, 2.75) is 70.0 Å². The molecule has 1 aliphatic rings. The average molecular weight is 533 g/mol. The van der Waals surface area contributed by atoms with E-state index in [-0.39, 0.29) is 46.5 Å². The Kier molecular flexibility index (Phi) is 6.84. The summed E-state index contributed by atoms with van der Waals surface area (Å²) in [5, 5.41) is 10.1. The molecule has 1 amide bonds. The minimum absolute atomic E-state index is 0.0221. The third-order valence-corrected chi connectivity index (χ3v) is 8.17. The topological polar surface area (TPSA) is 153 Å². The molecule has 200 valence electrons. The van der Waals surface area contributed by atoms with Crippen LogP contribution in [-0.4, -0.2) is 75.5 Å². The molecule has 0 unspecified atom stereocenters. The number of carboxylic acid groups (broad SMARTS) is 1. The van der Waals surface area contributed by atoms with E-state index in [9.17, 15) is 27.9 Å². The van der Waals surface area contributed by atoms with Crippen LogP contribution in [0.3, 0.4) is 0 Å². The third kappa shape index (κ3) is 5.35. The minimum atomic E-state index is -4.00. The summed E-state index contributed by atoms with van der Waals surface area (Å²) in [5.74, 6) is -1.23. The molecule has 0 spiro atoms. The van der Waals surface area contributed by atoms with Gasteiger partial charge in [-0.3, -0.25) is 4.79 Å². The van der Waals surface area contributed by atoms with Gasteiger partial charge in [-0.25, -0.2) is 18.0 Å². The number of nitrogens with zero attached hydrogens (tertiary/aromatic N) is 2. The number of ether oxygens (including phenoxy) is 1. The van der Waals surface area contributed by atoms with Gasteiger partial charge in [0, 0.05) is 47.7 Å². The summed E-state index contributed by atoms with van der Waals surface area (Å²) >= 11 is 0. The molecule has 1 aromatic carbocycles. The normalized spacial score (nSPS) is 14.6. The minimum Gasteiger partial charge on any atom is -0.478 e. The molecule has 2 heterocycles. The molecule has 37 heavy (non-hydrogen) atoms. The molecular weight excluding hydrogens is 500 g/mol. The van der Waals surface area contributed by atoms with Crippen LogP contribution < -0.4 is 5.56 Å². The Morgan fingerprint density at radius 1 is 1.19 bits per heavy atom. The first-order valence-electron chi connectivity index (χ1n) is 12.1. The number of carbonyl (C=O) groups is 2. The van der Waals surface area contributed by atoms with Gasteiger partial charge in [-0.15, -0.1) is 0 Å². The fourth-order valence-electron chi connectivity index (χ4n) is 4.32. The SMILES string of the molecule is CC(C)N(CCN(C1CC1)S(=O)(=O)c1ccc2[nH]c(=O)c3[nH]cc(C(=O)O)c3c2c1)C(=O)OC(C)(C)C. The Morgan fingerprint density at radius 2 is 1.86 bits per heavy atom. The van der Waals surface area contributed by atoms with Crippen LogP contribution in [0.25, 0.3) is 21.8 Å². The maximum absolute atomic E-state index is 13.8. The number of H-pyrrole nitrogens is 2. The van der Waals surface area contributed by atoms with Crippen molar-refractivity contribution >= 4 is 43.9 Å². The zero-order valence-electron chi connectivity index (χ0n) is 21.5. The second-order valence-corrected chi connectivity index (χ2v) is 12.4. The fraction of sp³-hybridized carbons (Fsp3) is 0.480. The summed E-state index contributed by atoms with van der Waals surface area (Å²) in [7, 11) is -4.00. The quantitative estimate of drug-likeness (QED) is 0.401. The molecule has 11 nitrogen and oxygen atoms in total. The summed E-state index contributed by atoms with van der Waals surface area (Å²) in [6.07, 6.45) is 2.12. The molecule has 4 rings (SSSR count). The van der Waals surface area contributed by atoms with Gasteiger partial charge in [-0.05, 0) is 65.7 Å². The maximum Gasteiger partial charge on any atom is 0.410 e. The zero-order valence-corrected chi connectivity index (χ0v) is 22.3. The number of carboxylic acids is 1. The van der Waals surface area contributed by atoms with E-state index in [0.29, 0.717) is 23.7 Å². The van der Waals surface area contributed by atoms with Crippen molar-refractivity contribution < 1.29 is 27.9 Å². The fourth-order valence-corrected chi connectivity index (χ4v) is 6.02. The highest BCUT2D eigenvalue weighted by atomic mass is 32.2. The van der Waals surface area contributed by atoms with E-state index in [0.717, 1.165) is 0 Å². The van der Waals surface area contributed by atoms with E-state index >= 15 is 0 Å². The van der Waals surface area contributed by atoms with Crippen LogP contribution >= 0.6 is 0 Å². The van der Waals surface area contributed by atoms with E-state index in [1.54, 1.807) is 20.8 Å². The average Bonchev–Trinajstić information content (AvgIpc) is 3.50. The van der Waals surface area contributed by atoms with Crippen molar-refractivity contribution in [3.05, 3.63) is 40.3 Å². The van der Waals surface area contributed by atoms with Crippen molar-refractivity contribution in [3.63, 3.8) is 0 Å². The van der Waals surface area contributed by atoms with Gasteiger partial charge in [-0.2, -0.15) is 4.31 Å². The maximum atomic E-state index is 13.8. The first-order valence-corrected chi connectivity index (χ1v) is 13.6. The monoisotopic (exact) mass is 532 g/mol. The van der Waals surface area contributed by atoms with Crippen molar-refractivity contribution in [2.75, 3.05) is 13.1 Å². The highest BCUT2D eigenvalue weighted by Gasteiger charge is 2.39. The van der Waals surface area contributed by atoms with Gasteiger partial charge in [0.05, 0.1) is 10.5 Å². The van der Waals surface area contributed by atoms with Gasteiger partial charge in [0.1, 0.15) is 11.1 Å². The molecule has 0 atom stereocenters. The van der Waals surface area contributed by atoms with E-state index in [4.69, 9.17) is 4.74 Å². The molecule has 1 aliphatic carbocycles. The van der Waals surface area contributed by atoms with Crippen LogP contribution in [0, 0.1) is 0 Å². The van der Waals surface area contributed by atoms with Crippen LogP contribution in [-0.2, 0) is 14.8 Å². The molecule has 1 saturated carbocycles. The lowest BCUT2D eigenvalue weighted by molar-refractivity contribution is 0.0182. The highest BCUT2D eigenvalue weighted by molar-refractivity contribution is 7.89. The number of benzene rings is 1. The lowest BCUT2D eigenvalue weighted by atomic mass is 10.1. The van der Waals surface area contributed by atoms with Crippen molar-refractivity contribution in [2.24, 2.45) is 0 Å². The van der Waals surface area contributed by atoms with Gasteiger partial charge in [0.15, 0.2) is 0 Å². The smallest absolute Gasteiger partial charge is 0.410 e. The molecule has 0 saturated heterocycles. The number of amides is 1. The number of sulfonamides is 1. The summed E-state index contributed by atoms with van der Waals surface area (Å²) < 4.78 is 34.5. The predicted octanol–water partition coefficient (Wildman–Crippen LogP) is 3.51. The molecule has 3 aromatic rings. The number of rotatable bonds is 8. The molecule has 0 bridgehead atoms. The van der Waals surface area contributed by atoms with Crippen molar-refractivity contribution in [1.82, 2.24) is 19.2 Å². The number of aromatic nitrogens is 2. The number of aromatic amines is 2. The Balaban J connectivity index is 1.71. The van der Waals surface area contributed by atoms with Gasteiger partial charge < -0.3 is 24.7 Å². The van der Waals surface area contributed by atoms with Crippen LogP contribution in [0.5, 0.6) is 0 Å². The number of carbonyl (C=O) groups excluding carboxylic acids is 1. The van der Waals surface area contributed by atoms with Gasteiger partial charge in [0.25, 0.3) is 5.56 Å². The number of aromatic carboxylic acids is 1. The van der Waals surface area contributed by atoms with E-state index < -0.39 is 33.2 Å². The Bertz CT molecular complexity index is 1530. The first-order chi connectivity index (χ1) is 17.2. The van der Waals surface area contributed by atoms with Gasteiger partial charge in [0.2, 0.25) is 10.0 Å². The van der Waals surface area contributed by atoms with Crippen LogP contribution in [0.4, 0.5) is 4.79 Å². The number of fused-ring (bicyclic) bond motifs is 3. The summed E-state index contributed by atoms with van der Waals surface area (Å²) in [6, 6.07) is 3.87. The number of hydrogen-bond donors (Lipinski definition) is 3. The van der Waals surface area contributed by atoms with E-state index in [1.807, 2.05) is 13.8 Å². The second kappa shape index (κ2) is 9.49. The standard InChI is InChI=1S/C25H32N4O7S/c1-14(2)28(24(33)36-25(3,4)5)10-11-29(15-6-7-15)37(34,35)16-8-9-19-17(12-16)20-18(23(31)32)13-26-21(20)22(30)27-19/h8-9,12-15,26H,6-7,10-11H2,1-5H3,(H,27,30)(H,31,32). The summed E-state index contributed by atoms with van der Waals surface area (Å²) in [4.78, 5) is 43.7. The lowest BCUT2D eigenvalue weighted by Gasteiger charge is -2.32. The Morgan fingerprint density at radius 3 is 2.43 bits per heavy atom. The number of hydrogen-bond acceptors (Lipinski definition) is 6. The third-order valence-electron chi connectivity index (χ3n) is 6.22. The molecule has 3 N–H and O–H groups in total. The van der Waals surface area contributed by atoms with Crippen LogP contribution in [0.2, 0.25) is 0 Å². The molecule has 1 fully saturated rings.